The Bertz CT molecular complexity index is 443. The molecule has 0 radical (unpaired) electrons. The van der Waals surface area contributed by atoms with Crippen molar-refractivity contribution in [1.82, 2.24) is 0 Å². The highest BCUT2D eigenvalue weighted by atomic mass is 32.2. The maximum atomic E-state index is 12.8. The number of hydrogen-bond acceptors (Lipinski definition) is 3. The molecule has 0 saturated carbocycles. The van der Waals surface area contributed by atoms with Crippen molar-refractivity contribution >= 4 is 11.8 Å². The first-order chi connectivity index (χ1) is 8.19. The van der Waals surface area contributed by atoms with Gasteiger partial charge in [-0.25, -0.2) is 4.39 Å². The molecular formula is C13H14FNOS. The minimum atomic E-state index is -0.402. The van der Waals surface area contributed by atoms with Crippen LogP contribution in [0.15, 0.2) is 18.2 Å². The zero-order valence-corrected chi connectivity index (χ0v) is 10.9. The van der Waals surface area contributed by atoms with Crippen LogP contribution in [0.5, 0.6) is 5.75 Å². The molecule has 0 fully saturated rings. The van der Waals surface area contributed by atoms with Gasteiger partial charge in [0.2, 0.25) is 0 Å². The number of rotatable bonds is 1. The molecule has 0 aliphatic carbocycles. The molecule has 0 aromatic heterocycles. The average molecular weight is 251 g/mol. The second-order valence-electron chi connectivity index (χ2n) is 2.97. The van der Waals surface area contributed by atoms with E-state index in [9.17, 15) is 4.39 Å². The van der Waals surface area contributed by atoms with Gasteiger partial charge in [-0.2, -0.15) is 0 Å². The van der Waals surface area contributed by atoms with Gasteiger partial charge in [-0.15, -0.1) is 5.26 Å². The third-order valence-electron chi connectivity index (χ3n) is 1.38. The van der Waals surface area contributed by atoms with E-state index in [4.69, 9.17) is 5.26 Å². The van der Waals surface area contributed by atoms with Crippen LogP contribution in [-0.2, 0) is 0 Å². The molecule has 17 heavy (non-hydrogen) atoms. The lowest BCUT2D eigenvalue weighted by Gasteiger charge is -1.98. The lowest BCUT2D eigenvalue weighted by Crippen LogP contribution is -1.88. The SMILES string of the molecule is CCC.CSC#Cc1cc(F)ccc1OC#N. The van der Waals surface area contributed by atoms with Crippen LogP contribution in [0.25, 0.3) is 0 Å². The Kier molecular flexibility index (Phi) is 8.64. The second kappa shape index (κ2) is 9.57. The third-order valence-corrected chi connectivity index (χ3v) is 1.69. The third kappa shape index (κ3) is 6.50. The summed E-state index contributed by atoms with van der Waals surface area (Å²) in [5, 5.41) is 11.0. The minimum absolute atomic E-state index is 0.274. The first-order valence-corrected chi connectivity index (χ1v) is 6.31. The number of hydrogen-bond donors (Lipinski definition) is 0. The Morgan fingerprint density at radius 2 is 2.06 bits per heavy atom. The van der Waals surface area contributed by atoms with E-state index in [1.807, 2.05) is 0 Å². The fraction of sp³-hybridized carbons (Fsp3) is 0.308. The molecule has 0 amide bonds. The first-order valence-electron chi connectivity index (χ1n) is 5.09. The lowest BCUT2D eigenvalue weighted by molar-refractivity contribution is 0.503. The van der Waals surface area contributed by atoms with Gasteiger partial charge in [-0.3, -0.25) is 0 Å². The number of nitriles is 1. The molecule has 0 bridgehead atoms. The molecule has 0 spiro atoms. The Labute approximate surface area is 106 Å². The maximum Gasteiger partial charge on any atom is 0.292 e. The highest BCUT2D eigenvalue weighted by Crippen LogP contribution is 2.18. The minimum Gasteiger partial charge on any atom is -0.387 e. The van der Waals surface area contributed by atoms with E-state index in [1.165, 1.54) is 42.6 Å². The van der Waals surface area contributed by atoms with Crippen LogP contribution >= 0.6 is 11.8 Å². The van der Waals surface area contributed by atoms with E-state index in [0.717, 1.165) is 0 Å². The molecule has 4 heteroatoms. The summed E-state index contributed by atoms with van der Waals surface area (Å²) in [6.07, 6.45) is 4.58. The molecule has 0 atom stereocenters. The van der Waals surface area contributed by atoms with Gasteiger partial charge in [0.1, 0.15) is 5.82 Å². The normalized spacial score (nSPS) is 7.94. The van der Waals surface area contributed by atoms with Crippen LogP contribution in [0.3, 0.4) is 0 Å². The van der Waals surface area contributed by atoms with Gasteiger partial charge in [0, 0.05) is 0 Å². The van der Waals surface area contributed by atoms with Crippen LogP contribution in [0.2, 0.25) is 0 Å². The van der Waals surface area contributed by atoms with Crippen LogP contribution in [0, 0.1) is 28.5 Å². The van der Waals surface area contributed by atoms with Crippen molar-refractivity contribution in [1.29, 1.82) is 5.26 Å². The summed E-state index contributed by atoms with van der Waals surface area (Å²) in [7, 11) is 0. The van der Waals surface area contributed by atoms with Crippen molar-refractivity contribution in [3.8, 4) is 23.2 Å². The van der Waals surface area contributed by atoms with E-state index in [0.29, 0.717) is 5.56 Å². The van der Waals surface area contributed by atoms with E-state index in [-0.39, 0.29) is 5.75 Å². The molecule has 0 N–H and O–H groups in total. The Balaban J connectivity index is 0.000000770. The standard InChI is InChI=1S/C10H6FNOS.C3H8/c1-14-5-4-8-6-9(11)2-3-10(8)13-7-12;1-3-2/h2-3,6H,1H3;3H2,1-2H3. The number of thioether (sulfide) groups is 1. The molecule has 1 aromatic rings. The zero-order chi connectivity index (χ0) is 13.1. The summed E-state index contributed by atoms with van der Waals surface area (Å²) >= 11 is 1.31. The van der Waals surface area contributed by atoms with E-state index in [1.54, 1.807) is 6.26 Å². The van der Waals surface area contributed by atoms with E-state index >= 15 is 0 Å². The molecule has 1 aromatic carbocycles. The number of nitrogens with zero attached hydrogens (tertiary/aromatic N) is 1. The predicted octanol–water partition coefficient (Wildman–Crippen LogP) is 3.77. The molecule has 0 unspecified atom stereocenters. The van der Waals surface area contributed by atoms with Crippen LogP contribution in [-0.4, -0.2) is 6.26 Å². The summed E-state index contributed by atoms with van der Waals surface area (Å²) in [6.45, 7) is 4.25. The maximum absolute atomic E-state index is 12.8. The van der Waals surface area contributed by atoms with Gasteiger partial charge in [0.25, 0.3) is 6.26 Å². The Morgan fingerprint density at radius 3 is 2.59 bits per heavy atom. The smallest absolute Gasteiger partial charge is 0.292 e. The highest BCUT2D eigenvalue weighted by Gasteiger charge is 2.02. The summed E-state index contributed by atoms with van der Waals surface area (Å²) in [5.41, 5.74) is 0.376. The fourth-order valence-electron chi connectivity index (χ4n) is 0.844. The van der Waals surface area contributed by atoms with Crippen molar-refractivity contribution in [2.45, 2.75) is 20.3 Å². The Hall–Kier alpha value is -1.65. The molecule has 0 aliphatic rings. The lowest BCUT2D eigenvalue weighted by atomic mass is 10.2. The Morgan fingerprint density at radius 1 is 1.41 bits per heavy atom. The predicted molar refractivity (Wildman–Crippen MR) is 69.0 cm³/mol. The summed E-state index contributed by atoms with van der Waals surface area (Å²) < 4.78 is 17.4. The van der Waals surface area contributed by atoms with Crippen LogP contribution < -0.4 is 4.74 Å². The topological polar surface area (TPSA) is 33.0 Å². The van der Waals surface area contributed by atoms with Crippen molar-refractivity contribution in [2.24, 2.45) is 0 Å². The van der Waals surface area contributed by atoms with Gasteiger partial charge in [-0.1, -0.05) is 38.0 Å². The molecular weight excluding hydrogens is 237 g/mol. The van der Waals surface area contributed by atoms with E-state index < -0.39 is 5.82 Å². The molecule has 1 rings (SSSR count). The second-order valence-corrected chi connectivity index (χ2v) is 3.58. The molecule has 0 saturated heterocycles. The summed E-state index contributed by atoms with van der Waals surface area (Å²) in [6, 6.07) is 3.83. The fourth-order valence-corrected chi connectivity index (χ4v) is 1.06. The monoisotopic (exact) mass is 251 g/mol. The molecule has 2 nitrogen and oxygen atoms in total. The quantitative estimate of drug-likeness (QED) is 0.562. The van der Waals surface area contributed by atoms with Crippen LogP contribution in [0.1, 0.15) is 25.8 Å². The van der Waals surface area contributed by atoms with Crippen molar-refractivity contribution in [3.05, 3.63) is 29.6 Å². The average Bonchev–Trinajstić information content (AvgIpc) is 2.31. The van der Waals surface area contributed by atoms with Gasteiger partial charge in [0.05, 0.1) is 5.56 Å². The van der Waals surface area contributed by atoms with E-state index in [2.05, 4.69) is 29.8 Å². The summed E-state index contributed by atoms with van der Waals surface area (Å²) in [4.78, 5) is 0. The number of halogens is 1. The van der Waals surface area contributed by atoms with Gasteiger partial charge in [-0.05, 0) is 29.7 Å². The molecule has 0 heterocycles. The van der Waals surface area contributed by atoms with Gasteiger partial charge in [0.15, 0.2) is 5.75 Å². The van der Waals surface area contributed by atoms with Crippen molar-refractivity contribution in [3.63, 3.8) is 0 Å². The summed E-state index contributed by atoms with van der Waals surface area (Å²) in [5.74, 6) is 2.56. The zero-order valence-electron chi connectivity index (χ0n) is 10.1. The van der Waals surface area contributed by atoms with Crippen LogP contribution in [0.4, 0.5) is 4.39 Å². The van der Waals surface area contributed by atoms with Gasteiger partial charge < -0.3 is 4.74 Å². The molecule has 90 valence electrons. The molecule has 0 aliphatic heterocycles. The highest BCUT2D eigenvalue weighted by molar-refractivity contribution is 8.03. The van der Waals surface area contributed by atoms with Gasteiger partial charge >= 0.3 is 0 Å². The van der Waals surface area contributed by atoms with Crippen molar-refractivity contribution < 1.29 is 9.13 Å². The largest absolute Gasteiger partial charge is 0.387 e. The number of benzene rings is 1. The number of ether oxygens (including phenoxy) is 1. The van der Waals surface area contributed by atoms with Crippen molar-refractivity contribution in [2.75, 3.05) is 6.26 Å². The first kappa shape index (κ1) is 15.3.